The zero-order valence-corrected chi connectivity index (χ0v) is 23.8. The lowest BCUT2D eigenvalue weighted by Crippen LogP contribution is -2.73. The first kappa shape index (κ1) is 28.9. The number of urea groups is 1. The van der Waals surface area contributed by atoms with Crippen molar-refractivity contribution in [3.8, 4) is 5.75 Å². The second-order valence-electron chi connectivity index (χ2n) is 10.4. The number of nitrogens with one attached hydrogen (secondary N) is 2. The average molecular weight is 546 g/mol. The lowest BCUT2D eigenvalue weighted by Gasteiger charge is -2.54. The Bertz CT molecular complexity index is 1280. The van der Waals surface area contributed by atoms with Gasteiger partial charge in [0.2, 0.25) is 11.8 Å². The summed E-state index contributed by atoms with van der Waals surface area (Å²) in [6.45, 7) is 9.31. The number of amides is 4. The Kier molecular flexibility index (Phi) is 9.24. The van der Waals surface area contributed by atoms with Crippen molar-refractivity contribution in [2.45, 2.75) is 72.7 Å². The molecule has 1 aliphatic heterocycles. The maximum Gasteiger partial charge on any atom is 0.330 e. The molecule has 0 spiro atoms. The smallest absolute Gasteiger partial charge is 0.330 e. The molecule has 4 rings (SSSR count). The predicted octanol–water partition coefficient (Wildman–Crippen LogP) is 4.96. The quantitative estimate of drug-likeness (QED) is 0.313. The number of nitrogens with zero attached hydrogens (tertiary/aromatic N) is 3. The van der Waals surface area contributed by atoms with Gasteiger partial charge in [-0.05, 0) is 49.4 Å². The minimum absolute atomic E-state index is 0.107. The fourth-order valence-electron chi connectivity index (χ4n) is 5.10. The van der Waals surface area contributed by atoms with Crippen LogP contribution in [0.4, 0.5) is 4.79 Å². The van der Waals surface area contributed by atoms with E-state index in [2.05, 4.69) is 15.3 Å². The van der Waals surface area contributed by atoms with Gasteiger partial charge in [0, 0.05) is 31.5 Å². The molecule has 212 valence electrons. The average Bonchev–Trinajstić information content (AvgIpc) is 3.47. The number of hydrogen-bond acceptors (Lipinski definition) is 5. The van der Waals surface area contributed by atoms with E-state index in [4.69, 9.17) is 4.74 Å². The van der Waals surface area contributed by atoms with E-state index in [1.165, 1.54) is 4.90 Å². The van der Waals surface area contributed by atoms with Gasteiger partial charge in [0.15, 0.2) is 6.23 Å². The van der Waals surface area contributed by atoms with Crippen LogP contribution in [0.15, 0.2) is 61.1 Å². The summed E-state index contributed by atoms with van der Waals surface area (Å²) in [4.78, 5) is 49.2. The van der Waals surface area contributed by atoms with Crippen LogP contribution < -0.4 is 10.1 Å². The van der Waals surface area contributed by atoms with E-state index in [1.54, 1.807) is 17.4 Å². The van der Waals surface area contributed by atoms with Gasteiger partial charge in [-0.15, -0.1) is 0 Å². The Morgan fingerprint density at radius 3 is 2.33 bits per heavy atom. The third-order valence-electron chi connectivity index (χ3n) is 7.64. The van der Waals surface area contributed by atoms with Gasteiger partial charge in [-0.2, -0.15) is 0 Å². The monoisotopic (exact) mass is 545 g/mol. The van der Waals surface area contributed by atoms with Gasteiger partial charge in [-0.1, -0.05) is 62.7 Å². The Morgan fingerprint density at radius 1 is 1.05 bits per heavy atom. The van der Waals surface area contributed by atoms with Crippen molar-refractivity contribution in [3.63, 3.8) is 0 Å². The molecule has 4 amide bonds. The van der Waals surface area contributed by atoms with Crippen molar-refractivity contribution in [1.82, 2.24) is 25.1 Å². The number of likely N-dealkylation sites (tertiary alicyclic amines) is 1. The van der Waals surface area contributed by atoms with Crippen molar-refractivity contribution in [1.29, 1.82) is 0 Å². The number of β-lactam (4-membered cyclic amide) rings is 1. The van der Waals surface area contributed by atoms with Crippen molar-refractivity contribution >= 4 is 17.8 Å². The molecule has 1 atom stereocenters. The van der Waals surface area contributed by atoms with E-state index in [9.17, 15) is 14.4 Å². The largest absolute Gasteiger partial charge is 0.469 e. The first-order chi connectivity index (χ1) is 19.3. The van der Waals surface area contributed by atoms with Gasteiger partial charge >= 0.3 is 6.03 Å². The van der Waals surface area contributed by atoms with Gasteiger partial charge in [-0.25, -0.2) is 14.7 Å². The van der Waals surface area contributed by atoms with E-state index in [0.717, 1.165) is 28.8 Å². The van der Waals surface area contributed by atoms with Crippen molar-refractivity contribution in [2.75, 3.05) is 6.54 Å². The Morgan fingerprint density at radius 2 is 1.73 bits per heavy atom. The Hall–Kier alpha value is -4.14. The summed E-state index contributed by atoms with van der Waals surface area (Å²) in [5, 5.41) is 2.90. The lowest BCUT2D eigenvalue weighted by atomic mass is 9.72. The summed E-state index contributed by atoms with van der Waals surface area (Å²) in [7, 11) is 0. The fourth-order valence-corrected chi connectivity index (χ4v) is 5.10. The zero-order valence-electron chi connectivity index (χ0n) is 23.8. The van der Waals surface area contributed by atoms with Crippen LogP contribution in [-0.2, 0) is 29.1 Å². The summed E-state index contributed by atoms with van der Waals surface area (Å²) in [5.74, 6) is 0.272. The molecule has 0 aliphatic carbocycles. The molecule has 0 saturated carbocycles. The lowest BCUT2D eigenvalue weighted by molar-refractivity contribution is -0.192. The normalized spacial score (nSPS) is 15.8. The van der Waals surface area contributed by atoms with Crippen molar-refractivity contribution in [3.05, 3.63) is 83.4 Å². The summed E-state index contributed by atoms with van der Waals surface area (Å²) in [5.41, 5.74) is 3.08. The summed E-state index contributed by atoms with van der Waals surface area (Å²) in [6, 6.07) is 15.1. The molecule has 0 radical (unpaired) electrons. The van der Waals surface area contributed by atoms with Gasteiger partial charge in [0.1, 0.15) is 11.2 Å². The van der Waals surface area contributed by atoms with Crippen LogP contribution in [0, 0.1) is 12.3 Å². The molecule has 0 bridgehead atoms. The molecule has 1 fully saturated rings. The molecule has 1 aromatic heterocycles. The number of carbonyl (C=O) groups is 3. The summed E-state index contributed by atoms with van der Waals surface area (Å²) >= 11 is 0. The van der Waals surface area contributed by atoms with Gasteiger partial charge in [0.05, 0.1) is 12.7 Å². The van der Waals surface area contributed by atoms with Crippen LogP contribution in [-0.4, -0.2) is 50.4 Å². The number of rotatable bonds is 12. The van der Waals surface area contributed by atoms with Crippen molar-refractivity contribution < 1.29 is 19.1 Å². The van der Waals surface area contributed by atoms with E-state index >= 15 is 0 Å². The van der Waals surface area contributed by atoms with Crippen LogP contribution in [0.25, 0.3) is 0 Å². The first-order valence-corrected chi connectivity index (χ1v) is 14.0. The molecular weight excluding hydrogens is 506 g/mol. The van der Waals surface area contributed by atoms with Crippen LogP contribution in [0.2, 0.25) is 0 Å². The van der Waals surface area contributed by atoms with Crippen LogP contribution >= 0.6 is 0 Å². The number of aromatic nitrogens is 2. The molecule has 2 aromatic carbocycles. The molecular formula is C31H39N5O4. The number of hydrogen-bond donors (Lipinski definition) is 2. The fraction of sp³-hybridized carbons (Fsp3) is 0.419. The third kappa shape index (κ3) is 6.19. The number of benzene rings is 2. The number of imide groups is 1. The predicted molar refractivity (Wildman–Crippen MR) is 152 cm³/mol. The number of ether oxygens (including phenoxy) is 1. The molecule has 2 heterocycles. The third-order valence-corrected chi connectivity index (χ3v) is 7.64. The van der Waals surface area contributed by atoms with Crippen LogP contribution in [0.5, 0.6) is 5.75 Å². The number of aryl methyl sites for hydroxylation is 1. The molecule has 1 aliphatic rings. The first-order valence-electron chi connectivity index (χ1n) is 14.0. The Labute approximate surface area is 235 Å². The molecule has 1 unspecified atom stereocenters. The molecule has 9 heteroatoms. The Balaban J connectivity index is 1.45. The van der Waals surface area contributed by atoms with E-state index in [0.29, 0.717) is 38.2 Å². The number of H-pyrrole nitrogens is 1. The molecule has 3 aromatic rings. The highest BCUT2D eigenvalue weighted by atomic mass is 16.5. The van der Waals surface area contributed by atoms with E-state index < -0.39 is 11.6 Å². The van der Waals surface area contributed by atoms with E-state index in [1.807, 2.05) is 76.2 Å². The minimum atomic E-state index is -0.753. The molecule has 1 saturated heterocycles. The highest BCUT2D eigenvalue weighted by Crippen LogP contribution is 2.46. The number of carbonyl (C=O) groups excluding carboxylic acids is 3. The minimum Gasteiger partial charge on any atom is -0.469 e. The summed E-state index contributed by atoms with van der Waals surface area (Å²) in [6.07, 6.45) is 4.63. The highest BCUT2D eigenvalue weighted by Gasteiger charge is 2.63. The van der Waals surface area contributed by atoms with Crippen LogP contribution in [0.3, 0.4) is 0 Å². The SMILES string of the molecule is CCCN(Cc1ccc(C)cc1)C(=O)N1C(=O)C(CC)(CC)C1Oc1ccc(CNC(=O)Cc2cnc[nH]2)cc1. The molecule has 2 N–H and O–H groups in total. The highest BCUT2D eigenvalue weighted by molar-refractivity contribution is 6.03. The number of aromatic amines is 1. The van der Waals surface area contributed by atoms with Crippen LogP contribution in [0.1, 0.15) is 62.4 Å². The molecule has 9 nitrogen and oxygen atoms in total. The topological polar surface area (TPSA) is 108 Å². The van der Waals surface area contributed by atoms with E-state index in [-0.39, 0.29) is 24.3 Å². The maximum atomic E-state index is 13.7. The second-order valence-corrected chi connectivity index (χ2v) is 10.4. The van der Waals surface area contributed by atoms with Gasteiger partial charge in [0.25, 0.3) is 0 Å². The van der Waals surface area contributed by atoms with Crippen molar-refractivity contribution in [2.24, 2.45) is 5.41 Å². The van der Waals surface area contributed by atoms with Gasteiger partial charge < -0.3 is 19.9 Å². The maximum absolute atomic E-state index is 13.7. The standard InChI is InChI=1S/C31H39N5O4/c1-5-16-35(20-24-10-8-22(4)9-11-24)30(39)36-28(38)31(6-2,7-3)29(36)40-26-14-12-23(13-15-26)18-33-27(37)17-25-19-32-21-34-25/h8-15,19,21,29H,5-7,16-18,20H2,1-4H3,(H,32,34)(H,33,37). The number of imidazole rings is 1. The zero-order chi connectivity index (χ0) is 28.7. The second kappa shape index (κ2) is 12.8. The molecule has 40 heavy (non-hydrogen) atoms. The van der Waals surface area contributed by atoms with Gasteiger partial charge in [-0.3, -0.25) is 9.59 Å². The summed E-state index contributed by atoms with van der Waals surface area (Å²) < 4.78 is 6.36.